The third-order valence-corrected chi connectivity index (χ3v) is 3.87. The number of alkyl halides is 1. The molecule has 0 bridgehead atoms. The van der Waals surface area contributed by atoms with E-state index in [9.17, 15) is 0 Å². The number of nitrogens with one attached hydrogen (secondary N) is 1. The first-order valence-corrected chi connectivity index (χ1v) is 8.11. The van der Waals surface area contributed by atoms with E-state index >= 15 is 0 Å². The van der Waals surface area contributed by atoms with Gasteiger partial charge in [0.15, 0.2) is 17.0 Å². The summed E-state index contributed by atoms with van der Waals surface area (Å²) in [6, 6.07) is 7.37. The van der Waals surface area contributed by atoms with E-state index in [0.717, 1.165) is 5.69 Å². The van der Waals surface area contributed by atoms with Crippen LogP contribution in [0.25, 0.3) is 11.2 Å². The summed E-state index contributed by atoms with van der Waals surface area (Å²) in [6.07, 6.45) is 1.73. The molecule has 0 saturated heterocycles. The van der Waals surface area contributed by atoms with Crippen molar-refractivity contribution in [3.05, 3.63) is 40.9 Å². The minimum Gasteiger partial charge on any atom is -0.338 e. The van der Waals surface area contributed by atoms with Gasteiger partial charge in [-0.2, -0.15) is 9.97 Å². The quantitative estimate of drug-likeness (QED) is 0.365. The maximum absolute atomic E-state index is 6.02. The van der Waals surface area contributed by atoms with E-state index < -0.39 is 0 Å². The van der Waals surface area contributed by atoms with E-state index in [1.165, 1.54) is 0 Å². The average molecular weight is 434 g/mol. The van der Waals surface area contributed by atoms with E-state index in [1.807, 2.05) is 29.7 Å². The molecule has 21 heavy (non-hydrogen) atoms. The number of aromatic nitrogens is 4. The summed E-state index contributed by atoms with van der Waals surface area (Å²) in [5.41, 5.74) is 2.18. The van der Waals surface area contributed by atoms with Crippen LogP contribution in [0.5, 0.6) is 0 Å². The van der Waals surface area contributed by atoms with Crippen LogP contribution in [-0.4, -0.2) is 19.5 Å². The number of imidazole rings is 1. The molecule has 0 saturated carbocycles. The maximum Gasteiger partial charge on any atom is 0.226 e. The summed E-state index contributed by atoms with van der Waals surface area (Å²) in [4.78, 5) is 12.9. The van der Waals surface area contributed by atoms with E-state index in [0.29, 0.717) is 22.0 Å². The van der Waals surface area contributed by atoms with Gasteiger partial charge in [0, 0.05) is 10.7 Å². The van der Waals surface area contributed by atoms with Crippen LogP contribution < -0.4 is 5.32 Å². The molecule has 0 aliphatic rings. The molecule has 3 rings (SSSR count). The molecule has 1 unspecified atom stereocenters. The molecular weight excluding hydrogens is 424 g/mol. The second-order valence-electron chi connectivity index (χ2n) is 4.37. The number of hydrogen-bond donors (Lipinski definition) is 1. The molecule has 2 aromatic heterocycles. The van der Waals surface area contributed by atoms with Crippen LogP contribution >= 0.6 is 45.8 Å². The zero-order valence-corrected chi connectivity index (χ0v) is 14.6. The second kappa shape index (κ2) is 5.94. The van der Waals surface area contributed by atoms with Crippen LogP contribution in [0, 0.1) is 0 Å². The van der Waals surface area contributed by atoms with Gasteiger partial charge in [0.2, 0.25) is 5.28 Å². The number of fused-ring (bicyclic) bond motifs is 1. The van der Waals surface area contributed by atoms with Crippen molar-refractivity contribution in [1.82, 2.24) is 19.5 Å². The van der Waals surface area contributed by atoms with Crippen LogP contribution in [-0.2, 0) is 0 Å². The summed E-state index contributed by atoms with van der Waals surface area (Å²) in [5.74, 6) is 0.558. The van der Waals surface area contributed by atoms with Crippen LogP contribution in [0.1, 0.15) is 11.0 Å². The molecule has 0 aliphatic carbocycles. The van der Waals surface area contributed by atoms with Crippen molar-refractivity contribution in [2.24, 2.45) is 0 Å². The Morgan fingerprint density at radius 2 is 2.10 bits per heavy atom. The highest BCUT2D eigenvalue weighted by Gasteiger charge is 2.14. The molecular formula is C13H10Cl2IN5. The van der Waals surface area contributed by atoms with E-state index in [4.69, 9.17) is 23.2 Å². The Morgan fingerprint density at radius 1 is 1.29 bits per heavy atom. The molecule has 8 heteroatoms. The average Bonchev–Trinajstić information content (AvgIpc) is 2.82. The Bertz CT molecular complexity index is 802. The number of halogens is 3. The molecule has 1 atom stereocenters. The molecule has 5 nitrogen and oxygen atoms in total. The van der Waals surface area contributed by atoms with Crippen LogP contribution in [0.2, 0.25) is 10.3 Å². The van der Waals surface area contributed by atoms with Gasteiger partial charge < -0.3 is 9.88 Å². The van der Waals surface area contributed by atoms with Crippen molar-refractivity contribution in [1.29, 1.82) is 0 Å². The van der Waals surface area contributed by atoms with Gasteiger partial charge in [-0.3, -0.25) is 0 Å². The van der Waals surface area contributed by atoms with Crippen molar-refractivity contribution in [3.63, 3.8) is 0 Å². The van der Waals surface area contributed by atoms with Gasteiger partial charge in [-0.15, -0.1) is 0 Å². The fourth-order valence-corrected chi connectivity index (χ4v) is 2.70. The van der Waals surface area contributed by atoms with Gasteiger partial charge in [0.1, 0.15) is 0 Å². The van der Waals surface area contributed by atoms with Crippen molar-refractivity contribution in [2.75, 3.05) is 5.32 Å². The Labute approximate surface area is 144 Å². The fraction of sp³-hybridized carbons (Fsp3) is 0.154. The van der Waals surface area contributed by atoms with Crippen molar-refractivity contribution >= 4 is 68.5 Å². The molecule has 2 heterocycles. The zero-order valence-electron chi connectivity index (χ0n) is 10.9. The molecule has 0 radical (unpaired) electrons. The highest BCUT2D eigenvalue weighted by Crippen LogP contribution is 2.28. The third-order valence-electron chi connectivity index (χ3n) is 2.86. The van der Waals surface area contributed by atoms with E-state index in [1.54, 1.807) is 12.4 Å². The highest BCUT2D eigenvalue weighted by atomic mass is 127. The summed E-state index contributed by atoms with van der Waals surface area (Å²) in [7, 11) is 0. The fourth-order valence-electron chi connectivity index (χ4n) is 1.94. The Morgan fingerprint density at radius 3 is 2.81 bits per heavy atom. The molecule has 3 aromatic rings. The van der Waals surface area contributed by atoms with E-state index in [2.05, 4.69) is 42.9 Å². The number of hydrogen-bond acceptors (Lipinski definition) is 4. The lowest BCUT2D eigenvalue weighted by Gasteiger charge is -2.09. The first-order valence-electron chi connectivity index (χ1n) is 6.11. The van der Waals surface area contributed by atoms with Gasteiger partial charge in [-0.25, -0.2) is 4.98 Å². The third kappa shape index (κ3) is 3.07. The van der Waals surface area contributed by atoms with Crippen LogP contribution in [0.4, 0.5) is 11.5 Å². The van der Waals surface area contributed by atoms with Crippen LogP contribution in [0.3, 0.4) is 0 Å². The molecule has 0 spiro atoms. The van der Waals surface area contributed by atoms with Gasteiger partial charge >= 0.3 is 0 Å². The predicted octanol–water partition coefficient (Wildman–Crippen LogP) is 4.83. The minimum atomic E-state index is 0.172. The molecule has 0 aliphatic heterocycles. The summed E-state index contributed by atoms with van der Waals surface area (Å²) < 4.78 is 2.14. The number of nitrogens with zero attached hydrogens (tertiary/aromatic N) is 4. The minimum absolute atomic E-state index is 0.172. The van der Waals surface area contributed by atoms with Crippen LogP contribution in [0.15, 0.2) is 30.6 Å². The van der Waals surface area contributed by atoms with Gasteiger partial charge in [-0.1, -0.05) is 40.3 Å². The summed E-state index contributed by atoms with van der Waals surface area (Å²) >= 11 is 14.3. The molecule has 1 aromatic carbocycles. The second-order valence-corrected chi connectivity index (χ2v) is 6.95. The van der Waals surface area contributed by atoms with Crippen molar-refractivity contribution < 1.29 is 0 Å². The van der Waals surface area contributed by atoms with E-state index in [-0.39, 0.29) is 9.33 Å². The smallest absolute Gasteiger partial charge is 0.226 e. The predicted molar refractivity (Wildman–Crippen MR) is 93.8 cm³/mol. The zero-order chi connectivity index (χ0) is 15.0. The topological polar surface area (TPSA) is 55.6 Å². The number of benzene rings is 1. The Kier molecular flexibility index (Phi) is 4.19. The standard InChI is InChI=1S/C13H10Cl2IN5/c1-7(16)21-6-17-10-11(19-13(15)20-12(10)21)18-9-4-2-3-8(14)5-9/h2-7H,1H3,(H,18,19,20). The van der Waals surface area contributed by atoms with Gasteiger partial charge in [0.05, 0.1) is 10.4 Å². The lowest BCUT2D eigenvalue weighted by atomic mass is 10.3. The first kappa shape index (κ1) is 14.8. The Hall–Kier alpha value is -1.12. The summed E-state index contributed by atoms with van der Waals surface area (Å²) in [5, 5.41) is 4.00. The largest absolute Gasteiger partial charge is 0.338 e. The summed E-state index contributed by atoms with van der Waals surface area (Å²) in [6.45, 7) is 2.04. The molecule has 1 N–H and O–H groups in total. The Balaban J connectivity index is 2.10. The number of anilines is 2. The van der Waals surface area contributed by atoms with Crippen molar-refractivity contribution in [3.8, 4) is 0 Å². The maximum atomic E-state index is 6.02. The molecule has 108 valence electrons. The molecule has 0 fully saturated rings. The monoisotopic (exact) mass is 433 g/mol. The lowest BCUT2D eigenvalue weighted by Crippen LogP contribution is -2.00. The SMILES string of the molecule is CC(I)n1cnc2c(Nc3cccc(Cl)c3)nc(Cl)nc21. The van der Waals surface area contributed by atoms with Gasteiger partial charge in [-0.05, 0) is 36.7 Å². The van der Waals surface area contributed by atoms with Gasteiger partial charge in [0.25, 0.3) is 0 Å². The first-order chi connectivity index (χ1) is 10.0. The lowest BCUT2D eigenvalue weighted by molar-refractivity contribution is 0.783. The van der Waals surface area contributed by atoms with Crippen molar-refractivity contribution in [2.45, 2.75) is 11.0 Å². The number of rotatable bonds is 3. The highest BCUT2D eigenvalue weighted by molar-refractivity contribution is 14.1. The molecule has 0 amide bonds. The normalized spacial score (nSPS) is 12.6.